The lowest BCUT2D eigenvalue weighted by atomic mass is 10.1. The van der Waals surface area contributed by atoms with E-state index in [4.69, 9.17) is 5.73 Å². The van der Waals surface area contributed by atoms with Gasteiger partial charge in [-0.1, -0.05) is 13.8 Å². The Balaban J connectivity index is 2.58. The largest absolute Gasteiger partial charge is 0.383 e. The van der Waals surface area contributed by atoms with Crippen LogP contribution in [0.25, 0.3) is 0 Å². The second-order valence-electron chi connectivity index (χ2n) is 4.96. The van der Waals surface area contributed by atoms with Gasteiger partial charge in [-0.3, -0.25) is 14.3 Å². The molecule has 0 fully saturated rings. The van der Waals surface area contributed by atoms with Gasteiger partial charge in [0.2, 0.25) is 5.91 Å². The third-order valence-electron chi connectivity index (χ3n) is 3.07. The molecule has 8 heteroatoms. The highest BCUT2D eigenvalue weighted by Gasteiger charge is 2.20. The molecule has 0 saturated heterocycles. The zero-order valence-electron chi connectivity index (χ0n) is 12.0. The van der Waals surface area contributed by atoms with Gasteiger partial charge in [-0.25, -0.2) is 0 Å². The summed E-state index contributed by atoms with van der Waals surface area (Å²) in [5.41, 5.74) is 5.97. The Labute approximate surface area is 126 Å². The van der Waals surface area contributed by atoms with E-state index in [1.165, 1.54) is 4.68 Å². The average Bonchev–Trinajstić information content (AvgIpc) is 2.60. The first kappa shape index (κ1) is 16.5. The van der Waals surface area contributed by atoms with Gasteiger partial charge in [0.15, 0.2) is 0 Å². The molecule has 4 N–H and O–H groups in total. The summed E-state index contributed by atoms with van der Waals surface area (Å²) in [5.74, 6) is -0.101. The van der Waals surface area contributed by atoms with Gasteiger partial charge in [0, 0.05) is 13.1 Å². The van der Waals surface area contributed by atoms with E-state index in [1.807, 2.05) is 20.8 Å². The van der Waals surface area contributed by atoms with Gasteiger partial charge >= 0.3 is 0 Å². The molecule has 0 spiro atoms. The monoisotopic (exact) mass is 345 g/mol. The fourth-order valence-electron chi connectivity index (χ4n) is 1.43. The number of nitrogens with zero attached hydrogens (tertiary/aromatic N) is 2. The van der Waals surface area contributed by atoms with E-state index >= 15 is 0 Å². The first-order valence-electron chi connectivity index (χ1n) is 6.29. The number of nitrogens with one attached hydrogen (secondary N) is 2. The SMILES string of the molecule is CC(C)[C@@H](C)NC(=O)CNC(=O)c1c(Br)nn(C)c1N. The molecule has 1 rings (SSSR count). The first-order valence-corrected chi connectivity index (χ1v) is 7.08. The number of carbonyl (C=O) groups is 2. The van der Waals surface area contributed by atoms with Crippen molar-refractivity contribution in [2.45, 2.75) is 26.8 Å². The van der Waals surface area contributed by atoms with E-state index < -0.39 is 5.91 Å². The Kier molecular flexibility index (Phi) is 5.55. The Morgan fingerprint density at radius 2 is 2.00 bits per heavy atom. The highest BCUT2D eigenvalue weighted by Crippen LogP contribution is 2.20. The summed E-state index contributed by atoms with van der Waals surface area (Å²) in [6, 6.07) is 0.0506. The van der Waals surface area contributed by atoms with Crippen LogP contribution in [-0.2, 0) is 11.8 Å². The number of amides is 2. The lowest BCUT2D eigenvalue weighted by Gasteiger charge is -2.17. The molecule has 0 aliphatic heterocycles. The maximum atomic E-state index is 12.0. The third kappa shape index (κ3) is 3.96. The minimum Gasteiger partial charge on any atom is -0.383 e. The summed E-state index contributed by atoms with van der Waals surface area (Å²) >= 11 is 3.16. The van der Waals surface area contributed by atoms with Gasteiger partial charge < -0.3 is 16.4 Å². The van der Waals surface area contributed by atoms with Crippen molar-refractivity contribution in [3.05, 3.63) is 10.2 Å². The number of hydrogen-bond acceptors (Lipinski definition) is 4. The summed E-state index contributed by atoms with van der Waals surface area (Å²) in [4.78, 5) is 23.6. The van der Waals surface area contributed by atoms with Crippen molar-refractivity contribution in [2.75, 3.05) is 12.3 Å². The van der Waals surface area contributed by atoms with Crippen LogP contribution in [0.3, 0.4) is 0 Å². The van der Waals surface area contributed by atoms with Crippen molar-refractivity contribution in [3.63, 3.8) is 0 Å². The van der Waals surface area contributed by atoms with Crippen molar-refractivity contribution >= 4 is 33.6 Å². The van der Waals surface area contributed by atoms with Crippen LogP contribution < -0.4 is 16.4 Å². The molecule has 2 amide bonds. The Morgan fingerprint density at radius 3 is 2.45 bits per heavy atom. The molecule has 0 saturated carbocycles. The van der Waals surface area contributed by atoms with E-state index in [0.29, 0.717) is 10.5 Å². The minimum atomic E-state index is -0.435. The predicted octanol–water partition coefficient (Wildman–Crippen LogP) is 0.655. The summed E-state index contributed by atoms with van der Waals surface area (Å²) in [5, 5.41) is 9.30. The highest BCUT2D eigenvalue weighted by atomic mass is 79.9. The summed E-state index contributed by atoms with van der Waals surface area (Å²) in [6.45, 7) is 5.84. The van der Waals surface area contributed by atoms with Gasteiger partial charge in [-0.15, -0.1) is 0 Å². The van der Waals surface area contributed by atoms with Crippen LogP contribution in [0.5, 0.6) is 0 Å². The van der Waals surface area contributed by atoms with Crippen LogP contribution in [0.2, 0.25) is 0 Å². The smallest absolute Gasteiger partial charge is 0.258 e. The summed E-state index contributed by atoms with van der Waals surface area (Å²) < 4.78 is 1.74. The van der Waals surface area contributed by atoms with Crippen molar-refractivity contribution in [3.8, 4) is 0 Å². The first-order chi connectivity index (χ1) is 9.23. The van der Waals surface area contributed by atoms with Crippen molar-refractivity contribution in [2.24, 2.45) is 13.0 Å². The van der Waals surface area contributed by atoms with Crippen LogP contribution in [0.1, 0.15) is 31.1 Å². The normalized spacial score (nSPS) is 12.3. The lowest BCUT2D eigenvalue weighted by molar-refractivity contribution is -0.121. The lowest BCUT2D eigenvalue weighted by Crippen LogP contribution is -2.42. The van der Waals surface area contributed by atoms with Gasteiger partial charge in [0.1, 0.15) is 16.0 Å². The average molecular weight is 346 g/mol. The number of carbonyl (C=O) groups excluding carboxylic acids is 2. The number of halogens is 1. The molecule has 112 valence electrons. The molecule has 0 aliphatic carbocycles. The van der Waals surface area contributed by atoms with Crippen LogP contribution in [-0.4, -0.2) is 34.2 Å². The fourth-order valence-corrected chi connectivity index (χ4v) is 2.05. The van der Waals surface area contributed by atoms with Gasteiger partial charge in [-0.05, 0) is 28.8 Å². The molecule has 0 aliphatic rings. The van der Waals surface area contributed by atoms with E-state index in [1.54, 1.807) is 7.05 Å². The van der Waals surface area contributed by atoms with E-state index in [0.717, 1.165) is 0 Å². The number of hydrogen-bond donors (Lipinski definition) is 3. The molecule has 1 heterocycles. The zero-order chi connectivity index (χ0) is 15.4. The minimum absolute atomic E-state index is 0.0506. The second-order valence-corrected chi connectivity index (χ2v) is 5.71. The predicted molar refractivity (Wildman–Crippen MR) is 80.1 cm³/mol. The summed E-state index contributed by atoms with van der Waals surface area (Å²) in [7, 11) is 1.63. The standard InChI is InChI=1S/C12H20BrN5O2/c1-6(2)7(3)16-8(19)5-15-12(20)9-10(13)17-18(4)11(9)14/h6-7H,5,14H2,1-4H3,(H,15,20)(H,16,19)/t7-/m1/s1. The molecule has 1 atom stereocenters. The highest BCUT2D eigenvalue weighted by molar-refractivity contribution is 9.10. The van der Waals surface area contributed by atoms with Crippen LogP contribution in [0.15, 0.2) is 4.60 Å². The van der Waals surface area contributed by atoms with E-state index in [9.17, 15) is 9.59 Å². The fraction of sp³-hybridized carbons (Fsp3) is 0.583. The van der Waals surface area contributed by atoms with Crippen LogP contribution in [0.4, 0.5) is 5.82 Å². The number of nitrogen functional groups attached to an aromatic ring is 1. The number of aromatic nitrogens is 2. The van der Waals surface area contributed by atoms with E-state index in [2.05, 4.69) is 31.7 Å². The Bertz CT molecular complexity index is 512. The quantitative estimate of drug-likeness (QED) is 0.729. The Morgan fingerprint density at radius 1 is 1.40 bits per heavy atom. The maximum absolute atomic E-state index is 12.0. The molecular weight excluding hydrogens is 326 g/mol. The molecule has 0 radical (unpaired) electrons. The van der Waals surface area contributed by atoms with E-state index in [-0.39, 0.29) is 29.9 Å². The molecule has 0 aromatic carbocycles. The summed E-state index contributed by atoms with van der Waals surface area (Å²) in [6.07, 6.45) is 0. The topological polar surface area (TPSA) is 102 Å². The number of nitrogens with two attached hydrogens (primary N) is 1. The number of anilines is 1. The number of aryl methyl sites for hydroxylation is 1. The van der Waals surface area contributed by atoms with Gasteiger partial charge in [0.05, 0.1) is 6.54 Å². The second kappa shape index (κ2) is 6.74. The van der Waals surface area contributed by atoms with Crippen LogP contribution in [0, 0.1) is 5.92 Å². The third-order valence-corrected chi connectivity index (χ3v) is 3.63. The molecular formula is C12H20BrN5O2. The van der Waals surface area contributed by atoms with Gasteiger partial charge in [-0.2, -0.15) is 5.10 Å². The molecule has 20 heavy (non-hydrogen) atoms. The van der Waals surface area contributed by atoms with Gasteiger partial charge in [0.25, 0.3) is 5.91 Å². The maximum Gasteiger partial charge on any atom is 0.258 e. The van der Waals surface area contributed by atoms with Crippen LogP contribution >= 0.6 is 15.9 Å². The molecule has 7 nitrogen and oxygen atoms in total. The Hall–Kier alpha value is -1.57. The zero-order valence-corrected chi connectivity index (χ0v) is 13.6. The van der Waals surface area contributed by atoms with Crippen molar-refractivity contribution < 1.29 is 9.59 Å². The van der Waals surface area contributed by atoms with Crippen molar-refractivity contribution in [1.29, 1.82) is 0 Å². The van der Waals surface area contributed by atoms with Crippen molar-refractivity contribution in [1.82, 2.24) is 20.4 Å². The molecule has 0 unspecified atom stereocenters. The molecule has 0 bridgehead atoms. The molecule has 1 aromatic heterocycles. The number of rotatable bonds is 5. The molecule has 1 aromatic rings.